The van der Waals surface area contributed by atoms with Gasteiger partial charge in [0, 0.05) is 23.3 Å². The molecule has 1 fully saturated rings. The van der Waals surface area contributed by atoms with Crippen LogP contribution in [0.25, 0.3) is 10.9 Å². The van der Waals surface area contributed by atoms with E-state index in [9.17, 15) is 14.4 Å². The van der Waals surface area contributed by atoms with Crippen molar-refractivity contribution in [2.24, 2.45) is 5.73 Å². The molecule has 0 bridgehead atoms. The lowest BCUT2D eigenvalue weighted by atomic mass is 9.94. The first-order valence-electron chi connectivity index (χ1n) is 12.9. The first-order chi connectivity index (χ1) is 18.8. The van der Waals surface area contributed by atoms with E-state index >= 15 is 0 Å². The van der Waals surface area contributed by atoms with Crippen LogP contribution in [0.15, 0.2) is 60.8 Å². The Balaban J connectivity index is 1.67. The summed E-state index contributed by atoms with van der Waals surface area (Å²) in [4.78, 5) is 46.2. The SMILES string of the molecule is Cc1ccccc1N(C(=O)c1snc(C(N)=O)c1N)C(C(=O)NC1CCCCC1)c1ccc2ncccc2c1. The highest BCUT2D eigenvalue weighted by Crippen LogP contribution is 2.36. The third-order valence-electron chi connectivity index (χ3n) is 7.15. The minimum absolute atomic E-state index is 0.0274. The molecule has 1 aliphatic carbocycles. The molecular weight excluding hydrogens is 512 g/mol. The number of aryl methyl sites for hydroxylation is 1. The van der Waals surface area contributed by atoms with Crippen LogP contribution in [-0.4, -0.2) is 33.1 Å². The van der Waals surface area contributed by atoms with Crippen LogP contribution in [0.1, 0.15) is 69.4 Å². The Labute approximate surface area is 230 Å². The van der Waals surface area contributed by atoms with Crippen molar-refractivity contribution < 1.29 is 14.4 Å². The number of nitrogens with zero attached hydrogens (tertiary/aromatic N) is 3. The zero-order valence-electron chi connectivity index (χ0n) is 21.6. The van der Waals surface area contributed by atoms with Gasteiger partial charge in [-0.15, -0.1) is 0 Å². The molecule has 5 N–H and O–H groups in total. The quantitative estimate of drug-likeness (QED) is 0.313. The number of pyridine rings is 1. The number of fused-ring (bicyclic) bond motifs is 1. The molecule has 3 amide bonds. The molecule has 39 heavy (non-hydrogen) atoms. The maximum Gasteiger partial charge on any atom is 0.273 e. The fourth-order valence-electron chi connectivity index (χ4n) is 5.15. The minimum atomic E-state index is -1.02. The van der Waals surface area contributed by atoms with E-state index in [4.69, 9.17) is 11.5 Å². The van der Waals surface area contributed by atoms with Crippen LogP contribution >= 0.6 is 11.5 Å². The summed E-state index contributed by atoms with van der Waals surface area (Å²) in [6.45, 7) is 1.88. The third-order valence-corrected chi connectivity index (χ3v) is 8.00. The van der Waals surface area contributed by atoms with Crippen molar-refractivity contribution >= 4 is 51.5 Å². The molecule has 2 aromatic carbocycles. The second-order valence-electron chi connectivity index (χ2n) is 9.80. The predicted octanol–water partition coefficient (Wildman–Crippen LogP) is 4.52. The summed E-state index contributed by atoms with van der Waals surface area (Å²) in [6.07, 6.45) is 6.73. The van der Waals surface area contributed by atoms with Gasteiger partial charge >= 0.3 is 0 Å². The number of amides is 3. The number of nitrogen functional groups attached to an aromatic ring is 1. The summed E-state index contributed by atoms with van der Waals surface area (Å²) in [7, 11) is 0. The minimum Gasteiger partial charge on any atom is -0.395 e. The van der Waals surface area contributed by atoms with Gasteiger partial charge in [0.1, 0.15) is 10.9 Å². The lowest BCUT2D eigenvalue weighted by molar-refractivity contribution is -0.123. The van der Waals surface area contributed by atoms with E-state index in [2.05, 4.69) is 14.7 Å². The van der Waals surface area contributed by atoms with Gasteiger partial charge in [0.15, 0.2) is 5.69 Å². The lowest BCUT2D eigenvalue weighted by Gasteiger charge is -2.34. The number of anilines is 2. The number of carbonyl (C=O) groups is 3. The van der Waals surface area contributed by atoms with E-state index in [1.807, 2.05) is 55.5 Å². The average Bonchev–Trinajstić information content (AvgIpc) is 3.33. The van der Waals surface area contributed by atoms with Gasteiger partial charge in [-0.05, 0) is 66.7 Å². The van der Waals surface area contributed by atoms with E-state index in [0.717, 1.165) is 60.1 Å². The van der Waals surface area contributed by atoms with Crippen molar-refractivity contribution in [1.29, 1.82) is 0 Å². The number of para-hydroxylation sites is 1. The number of benzene rings is 2. The molecule has 1 unspecified atom stereocenters. The van der Waals surface area contributed by atoms with Gasteiger partial charge in [-0.2, -0.15) is 4.37 Å². The highest BCUT2D eigenvalue weighted by molar-refractivity contribution is 7.09. The Hall–Kier alpha value is -4.31. The van der Waals surface area contributed by atoms with Crippen molar-refractivity contribution in [3.05, 3.63) is 82.5 Å². The largest absolute Gasteiger partial charge is 0.395 e. The van der Waals surface area contributed by atoms with Crippen molar-refractivity contribution in [2.45, 2.75) is 51.1 Å². The number of hydrogen-bond acceptors (Lipinski definition) is 7. The Morgan fingerprint density at radius 1 is 1.05 bits per heavy atom. The smallest absolute Gasteiger partial charge is 0.273 e. The topological polar surface area (TPSA) is 144 Å². The van der Waals surface area contributed by atoms with Gasteiger partial charge in [-0.25, -0.2) is 0 Å². The molecule has 5 rings (SSSR count). The maximum absolute atomic E-state index is 14.3. The molecule has 1 aliphatic rings. The van der Waals surface area contributed by atoms with Gasteiger partial charge in [-0.3, -0.25) is 24.3 Å². The summed E-state index contributed by atoms with van der Waals surface area (Å²) in [5, 5.41) is 4.06. The van der Waals surface area contributed by atoms with E-state index in [0.29, 0.717) is 11.3 Å². The zero-order valence-corrected chi connectivity index (χ0v) is 22.4. The number of aromatic nitrogens is 2. The number of primary amides is 1. The fourth-order valence-corrected chi connectivity index (χ4v) is 5.89. The molecule has 9 nitrogen and oxygen atoms in total. The molecule has 1 atom stereocenters. The molecule has 0 aliphatic heterocycles. The van der Waals surface area contributed by atoms with Gasteiger partial charge < -0.3 is 16.8 Å². The summed E-state index contributed by atoms with van der Waals surface area (Å²) in [6, 6.07) is 15.7. The van der Waals surface area contributed by atoms with Gasteiger partial charge in [0.05, 0.1) is 11.2 Å². The number of nitrogens with one attached hydrogen (secondary N) is 1. The van der Waals surface area contributed by atoms with Crippen molar-refractivity contribution in [1.82, 2.24) is 14.7 Å². The zero-order chi connectivity index (χ0) is 27.5. The number of nitrogens with two attached hydrogens (primary N) is 2. The predicted molar refractivity (Wildman–Crippen MR) is 153 cm³/mol. The van der Waals surface area contributed by atoms with Gasteiger partial charge in [-0.1, -0.05) is 49.6 Å². The monoisotopic (exact) mass is 542 g/mol. The van der Waals surface area contributed by atoms with Crippen LogP contribution < -0.4 is 21.7 Å². The first-order valence-corrected chi connectivity index (χ1v) is 13.7. The fraction of sp³-hybridized carbons (Fsp3) is 0.276. The maximum atomic E-state index is 14.3. The third kappa shape index (κ3) is 5.33. The molecule has 2 aromatic heterocycles. The van der Waals surface area contributed by atoms with E-state index < -0.39 is 17.9 Å². The molecule has 0 spiro atoms. The number of rotatable bonds is 7. The van der Waals surface area contributed by atoms with Crippen molar-refractivity contribution in [3.63, 3.8) is 0 Å². The molecule has 4 aromatic rings. The Morgan fingerprint density at radius 2 is 1.82 bits per heavy atom. The first kappa shape index (κ1) is 26.3. The van der Waals surface area contributed by atoms with E-state index in [1.54, 1.807) is 12.3 Å². The van der Waals surface area contributed by atoms with E-state index in [1.165, 1.54) is 4.90 Å². The molecule has 1 saturated carbocycles. The average molecular weight is 543 g/mol. The normalized spacial score (nSPS) is 14.6. The Kier molecular flexibility index (Phi) is 7.56. The number of carbonyl (C=O) groups excluding carboxylic acids is 3. The molecule has 0 radical (unpaired) electrons. The second kappa shape index (κ2) is 11.2. The summed E-state index contributed by atoms with van der Waals surface area (Å²) >= 11 is 0.795. The highest BCUT2D eigenvalue weighted by Gasteiger charge is 2.37. The second-order valence-corrected chi connectivity index (χ2v) is 10.6. The van der Waals surface area contributed by atoms with Gasteiger partial charge in [0.2, 0.25) is 5.91 Å². The van der Waals surface area contributed by atoms with Crippen molar-refractivity contribution in [2.75, 3.05) is 10.6 Å². The summed E-state index contributed by atoms with van der Waals surface area (Å²) in [5.41, 5.74) is 14.1. The van der Waals surface area contributed by atoms with Crippen molar-refractivity contribution in [3.8, 4) is 0 Å². The summed E-state index contributed by atoms with van der Waals surface area (Å²) in [5.74, 6) is -1.65. The molecular formula is C29H30N6O3S. The Bertz CT molecular complexity index is 1550. The van der Waals surface area contributed by atoms with Crippen LogP contribution in [0.4, 0.5) is 11.4 Å². The van der Waals surface area contributed by atoms with E-state index in [-0.39, 0.29) is 28.2 Å². The summed E-state index contributed by atoms with van der Waals surface area (Å²) < 4.78 is 4.03. The number of hydrogen-bond donors (Lipinski definition) is 3. The van der Waals surface area contributed by atoms with Crippen LogP contribution in [0.3, 0.4) is 0 Å². The van der Waals surface area contributed by atoms with Crippen LogP contribution in [0, 0.1) is 6.92 Å². The molecule has 2 heterocycles. The highest BCUT2D eigenvalue weighted by atomic mass is 32.1. The van der Waals surface area contributed by atoms with Crippen LogP contribution in [0.2, 0.25) is 0 Å². The Morgan fingerprint density at radius 3 is 2.54 bits per heavy atom. The lowest BCUT2D eigenvalue weighted by Crippen LogP contribution is -2.47. The van der Waals surface area contributed by atoms with Crippen LogP contribution in [-0.2, 0) is 4.79 Å². The molecule has 10 heteroatoms. The molecule has 200 valence electrons. The van der Waals surface area contributed by atoms with Crippen LogP contribution in [0.5, 0.6) is 0 Å². The molecule has 0 saturated heterocycles. The van der Waals surface area contributed by atoms with Gasteiger partial charge in [0.25, 0.3) is 11.8 Å². The standard InChI is InChI=1S/C29H30N6O3S/c1-17-8-5-6-12-22(17)35(29(38)26-23(30)24(27(31)36)34-39-26)25(28(37)33-20-10-3-2-4-11-20)19-13-14-21-18(16-19)9-7-15-32-21/h5-9,12-16,20,25H,2-4,10-11,30H2,1H3,(H2,31,36)(H,33,37).